The quantitative estimate of drug-likeness (QED) is 0.754. The topological polar surface area (TPSA) is 42.9 Å². The van der Waals surface area contributed by atoms with Crippen LogP contribution >= 0.6 is 34.7 Å². The van der Waals surface area contributed by atoms with Gasteiger partial charge in [0.05, 0.1) is 15.7 Å². The van der Waals surface area contributed by atoms with Crippen LogP contribution in [-0.4, -0.2) is 15.4 Å². The molecule has 90 valence electrons. The first-order chi connectivity index (χ1) is 8.66. The number of nitrogens with zero attached hydrogens (tertiary/aromatic N) is 2. The molecule has 0 N–H and O–H groups in total. The maximum absolute atomic E-state index is 12.2. The molecule has 3 nitrogen and oxygen atoms in total. The molecule has 0 amide bonds. The standard InChI is InChI=1S/C12H6Cl2N2OS/c13-10-2-1-8-9(11(10)14)4-6(12(8)17)3-7-5-18-16-15-7/h1-3,5H,4H2. The van der Waals surface area contributed by atoms with E-state index in [9.17, 15) is 4.79 Å². The number of ketones is 1. The summed E-state index contributed by atoms with van der Waals surface area (Å²) in [6.45, 7) is 0. The van der Waals surface area contributed by atoms with Gasteiger partial charge in [-0.3, -0.25) is 4.79 Å². The van der Waals surface area contributed by atoms with Gasteiger partial charge >= 0.3 is 0 Å². The van der Waals surface area contributed by atoms with Crippen molar-refractivity contribution < 1.29 is 4.79 Å². The maximum Gasteiger partial charge on any atom is 0.189 e. The van der Waals surface area contributed by atoms with E-state index < -0.39 is 0 Å². The van der Waals surface area contributed by atoms with Crippen molar-refractivity contribution in [1.29, 1.82) is 0 Å². The molecule has 0 atom stereocenters. The number of aromatic nitrogens is 2. The van der Waals surface area contributed by atoms with Crippen LogP contribution in [0.1, 0.15) is 21.6 Å². The summed E-state index contributed by atoms with van der Waals surface area (Å²) >= 11 is 13.3. The zero-order chi connectivity index (χ0) is 12.7. The third-order valence-electron chi connectivity index (χ3n) is 2.80. The number of hydrogen-bond donors (Lipinski definition) is 0. The van der Waals surface area contributed by atoms with Crippen molar-refractivity contribution in [1.82, 2.24) is 9.59 Å². The van der Waals surface area contributed by atoms with E-state index in [1.165, 1.54) is 11.5 Å². The van der Waals surface area contributed by atoms with Crippen LogP contribution in [0.3, 0.4) is 0 Å². The maximum atomic E-state index is 12.2. The van der Waals surface area contributed by atoms with Crippen molar-refractivity contribution in [2.45, 2.75) is 6.42 Å². The van der Waals surface area contributed by atoms with Gasteiger partial charge in [-0.05, 0) is 35.3 Å². The van der Waals surface area contributed by atoms with Crippen molar-refractivity contribution >= 4 is 46.6 Å². The highest BCUT2D eigenvalue weighted by Gasteiger charge is 2.27. The lowest BCUT2D eigenvalue weighted by Crippen LogP contribution is -1.95. The Labute approximate surface area is 117 Å². The van der Waals surface area contributed by atoms with Gasteiger partial charge in [-0.2, -0.15) is 0 Å². The van der Waals surface area contributed by atoms with E-state index in [-0.39, 0.29) is 5.78 Å². The minimum absolute atomic E-state index is 0.0171. The van der Waals surface area contributed by atoms with E-state index in [1.54, 1.807) is 23.6 Å². The number of halogens is 2. The molecule has 1 aliphatic rings. The second-order valence-corrected chi connectivity index (χ2v) is 5.29. The second-order valence-electron chi connectivity index (χ2n) is 3.89. The van der Waals surface area contributed by atoms with Crippen molar-refractivity contribution in [2.24, 2.45) is 0 Å². The van der Waals surface area contributed by atoms with Gasteiger partial charge < -0.3 is 0 Å². The molecule has 1 aromatic carbocycles. The molecule has 18 heavy (non-hydrogen) atoms. The van der Waals surface area contributed by atoms with Gasteiger partial charge in [-0.25, -0.2) is 0 Å². The Balaban J connectivity index is 2.07. The predicted octanol–water partition coefficient (Wildman–Crippen LogP) is 3.67. The number of benzene rings is 1. The van der Waals surface area contributed by atoms with Gasteiger partial charge in [0.1, 0.15) is 0 Å². The van der Waals surface area contributed by atoms with Crippen LogP contribution in [0.5, 0.6) is 0 Å². The lowest BCUT2D eigenvalue weighted by Gasteiger charge is -2.01. The van der Waals surface area contributed by atoms with Crippen molar-refractivity contribution in [3.63, 3.8) is 0 Å². The molecule has 0 fully saturated rings. The van der Waals surface area contributed by atoms with E-state index >= 15 is 0 Å². The Kier molecular flexibility index (Phi) is 2.93. The predicted molar refractivity (Wildman–Crippen MR) is 72.4 cm³/mol. The zero-order valence-corrected chi connectivity index (χ0v) is 11.3. The fourth-order valence-electron chi connectivity index (χ4n) is 1.95. The van der Waals surface area contributed by atoms with Gasteiger partial charge in [0.25, 0.3) is 0 Å². The van der Waals surface area contributed by atoms with Gasteiger partial charge in [-0.15, -0.1) is 5.10 Å². The summed E-state index contributed by atoms with van der Waals surface area (Å²) in [6.07, 6.45) is 2.24. The number of carbonyl (C=O) groups is 1. The molecule has 0 unspecified atom stereocenters. The molecule has 6 heteroatoms. The Morgan fingerprint density at radius 1 is 1.33 bits per heavy atom. The van der Waals surface area contributed by atoms with Crippen LogP contribution in [0.2, 0.25) is 10.0 Å². The second kappa shape index (κ2) is 4.46. The third kappa shape index (κ3) is 1.86. The molecule has 3 rings (SSSR count). The highest BCUT2D eigenvalue weighted by atomic mass is 35.5. The molecule has 0 bridgehead atoms. The summed E-state index contributed by atoms with van der Waals surface area (Å²) in [5.41, 5.74) is 2.78. The molecular weight excluding hydrogens is 291 g/mol. The summed E-state index contributed by atoms with van der Waals surface area (Å²) in [4.78, 5) is 12.2. The molecule has 1 aliphatic carbocycles. The van der Waals surface area contributed by atoms with E-state index in [0.717, 1.165) is 5.56 Å². The Morgan fingerprint density at radius 2 is 2.17 bits per heavy atom. The van der Waals surface area contributed by atoms with E-state index in [0.29, 0.717) is 33.3 Å². The van der Waals surface area contributed by atoms with Gasteiger partial charge in [0, 0.05) is 22.9 Å². The van der Waals surface area contributed by atoms with Crippen LogP contribution < -0.4 is 0 Å². The van der Waals surface area contributed by atoms with Crippen LogP contribution in [0.25, 0.3) is 6.08 Å². The van der Waals surface area contributed by atoms with E-state index in [4.69, 9.17) is 23.2 Å². The number of hydrogen-bond acceptors (Lipinski definition) is 4. The first kappa shape index (κ1) is 11.8. The lowest BCUT2D eigenvalue weighted by molar-refractivity contribution is 0.104. The molecule has 0 spiro atoms. The number of carbonyl (C=O) groups excluding carboxylic acids is 1. The molecule has 1 aromatic heterocycles. The Hall–Kier alpha value is -1.23. The Morgan fingerprint density at radius 3 is 2.89 bits per heavy atom. The van der Waals surface area contributed by atoms with Gasteiger partial charge in [0.15, 0.2) is 5.78 Å². The fourth-order valence-corrected chi connectivity index (χ4v) is 2.77. The smallest absolute Gasteiger partial charge is 0.189 e. The third-order valence-corrected chi connectivity index (χ3v) is 4.16. The average Bonchev–Trinajstić information content (AvgIpc) is 2.95. The zero-order valence-electron chi connectivity index (χ0n) is 8.98. The number of fused-ring (bicyclic) bond motifs is 1. The fraction of sp³-hybridized carbons (Fsp3) is 0.0833. The SMILES string of the molecule is O=C1C(=Cc2csnn2)Cc2c1ccc(Cl)c2Cl. The minimum atomic E-state index is -0.0171. The number of rotatable bonds is 1. The van der Waals surface area contributed by atoms with E-state index in [1.807, 2.05) is 0 Å². The van der Waals surface area contributed by atoms with Crippen LogP contribution in [-0.2, 0) is 6.42 Å². The first-order valence-electron chi connectivity index (χ1n) is 5.16. The van der Waals surface area contributed by atoms with Crippen LogP contribution in [0, 0.1) is 0 Å². The van der Waals surface area contributed by atoms with Crippen molar-refractivity contribution in [3.05, 3.63) is 50.0 Å². The number of Topliss-reactive ketones (excluding diaryl/α,β-unsaturated/α-hetero) is 1. The van der Waals surface area contributed by atoms with Crippen molar-refractivity contribution in [2.75, 3.05) is 0 Å². The molecule has 0 radical (unpaired) electrons. The Bertz CT molecular complexity index is 665. The lowest BCUT2D eigenvalue weighted by atomic mass is 10.1. The summed E-state index contributed by atoms with van der Waals surface area (Å²) in [6, 6.07) is 3.36. The highest BCUT2D eigenvalue weighted by Crippen LogP contribution is 2.36. The highest BCUT2D eigenvalue weighted by molar-refractivity contribution is 7.03. The largest absolute Gasteiger partial charge is 0.289 e. The summed E-state index contributed by atoms with van der Waals surface area (Å²) in [5, 5.41) is 6.62. The molecule has 0 saturated heterocycles. The minimum Gasteiger partial charge on any atom is -0.289 e. The van der Waals surface area contributed by atoms with E-state index in [2.05, 4.69) is 9.59 Å². The molecule has 2 aromatic rings. The first-order valence-corrected chi connectivity index (χ1v) is 6.75. The monoisotopic (exact) mass is 296 g/mol. The molecule has 1 heterocycles. The normalized spacial score (nSPS) is 16.3. The van der Waals surface area contributed by atoms with Crippen LogP contribution in [0.15, 0.2) is 23.1 Å². The molecular formula is C12H6Cl2N2OS. The number of allylic oxidation sites excluding steroid dienone is 1. The van der Waals surface area contributed by atoms with Crippen molar-refractivity contribution in [3.8, 4) is 0 Å². The average molecular weight is 297 g/mol. The van der Waals surface area contributed by atoms with Crippen LogP contribution in [0.4, 0.5) is 0 Å². The molecule has 0 saturated carbocycles. The van der Waals surface area contributed by atoms with Gasteiger partial charge in [0.2, 0.25) is 0 Å². The van der Waals surface area contributed by atoms with Gasteiger partial charge in [-0.1, -0.05) is 27.7 Å². The molecule has 0 aliphatic heterocycles. The summed E-state index contributed by atoms with van der Waals surface area (Å²) in [5.74, 6) is -0.0171. The summed E-state index contributed by atoms with van der Waals surface area (Å²) < 4.78 is 3.76. The summed E-state index contributed by atoms with van der Waals surface area (Å²) in [7, 11) is 0.